The third-order valence-electron chi connectivity index (χ3n) is 3.78. The molecule has 0 aliphatic heterocycles. The summed E-state index contributed by atoms with van der Waals surface area (Å²) in [6.45, 7) is 0. The smallest absolute Gasteiger partial charge is 0.144 e. The van der Waals surface area contributed by atoms with E-state index in [0.29, 0.717) is 0 Å². The van der Waals surface area contributed by atoms with E-state index in [2.05, 4.69) is 40.0 Å². The van der Waals surface area contributed by atoms with E-state index >= 15 is 0 Å². The molecule has 4 rings (SSSR count). The molecule has 0 saturated heterocycles. The number of rotatable bonds is 2. The highest BCUT2D eigenvalue weighted by molar-refractivity contribution is 5.91. The zero-order valence-corrected chi connectivity index (χ0v) is 11.7. The van der Waals surface area contributed by atoms with Crippen LogP contribution in [0, 0.1) is 0 Å². The molecule has 3 heteroatoms. The first kappa shape index (κ1) is 12.0. The molecule has 0 saturated carbocycles. The van der Waals surface area contributed by atoms with Gasteiger partial charge in [0.1, 0.15) is 11.6 Å². The number of pyridine rings is 1. The standard InChI is InChI=1S/C18H14N2O/c1-21-15-6-7-17-14(12-15)9-11-20(17)18-16-5-3-2-4-13(16)8-10-19-18/h2-12H,1H3. The predicted octanol–water partition coefficient (Wildman–Crippen LogP) is 4.19. The van der Waals surface area contributed by atoms with Gasteiger partial charge >= 0.3 is 0 Å². The fraction of sp³-hybridized carbons (Fsp3) is 0.0556. The van der Waals surface area contributed by atoms with Gasteiger partial charge in [-0.2, -0.15) is 0 Å². The normalized spacial score (nSPS) is 11.1. The average molecular weight is 274 g/mol. The Bertz CT molecular complexity index is 935. The molecule has 0 aliphatic carbocycles. The van der Waals surface area contributed by atoms with E-state index in [1.165, 1.54) is 5.39 Å². The van der Waals surface area contributed by atoms with Crippen LogP contribution in [0.3, 0.4) is 0 Å². The summed E-state index contributed by atoms with van der Waals surface area (Å²) in [5.41, 5.74) is 1.12. The van der Waals surface area contributed by atoms with Crippen LogP contribution in [0.15, 0.2) is 67.0 Å². The Hall–Kier alpha value is -2.81. The van der Waals surface area contributed by atoms with E-state index in [0.717, 1.165) is 27.9 Å². The third-order valence-corrected chi connectivity index (χ3v) is 3.78. The highest BCUT2D eigenvalue weighted by atomic mass is 16.5. The molecular formula is C18H14N2O. The van der Waals surface area contributed by atoms with Gasteiger partial charge in [0.25, 0.3) is 0 Å². The molecule has 0 atom stereocenters. The number of nitrogens with zero attached hydrogens (tertiary/aromatic N) is 2. The molecule has 102 valence electrons. The second-order valence-electron chi connectivity index (χ2n) is 4.97. The Morgan fingerprint density at radius 1 is 0.952 bits per heavy atom. The number of benzene rings is 2. The number of hydrogen-bond acceptors (Lipinski definition) is 2. The van der Waals surface area contributed by atoms with Crippen molar-refractivity contribution in [3.8, 4) is 11.6 Å². The first-order valence-electron chi connectivity index (χ1n) is 6.86. The molecular weight excluding hydrogens is 260 g/mol. The van der Waals surface area contributed by atoms with Crippen LogP contribution in [0.25, 0.3) is 27.5 Å². The summed E-state index contributed by atoms with van der Waals surface area (Å²) >= 11 is 0. The topological polar surface area (TPSA) is 27.1 Å². The van der Waals surface area contributed by atoms with Crippen molar-refractivity contribution in [2.45, 2.75) is 0 Å². The summed E-state index contributed by atoms with van der Waals surface area (Å²) in [6, 6.07) is 18.5. The van der Waals surface area contributed by atoms with Crippen LogP contribution in [0.1, 0.15) is 0 Å². The molecule has 2 aromatic heterocycles. The van der Waals surface area contributed by atoms with Gasteiger partial charge in [0.15, 0.2) is 0 Å². The monoisotopic (exact) mass is 274 g/mol. The van der Waals surface area contributed by atoms with Crippen LogP contribution >= 0.6 is 0 Å². The fourth-order valence-corrected chi connectivity index (χ4v) is 2.73. The van der Waals surface area contributed by atoms with Crippen molar-refractivity contribution in [1.29, 1.82) is 0 Å². The molecule has 2 heterocycles. The molecule has 0 bridgehead atoms. The Labute approximate surface area is 122 Å². The lowest BCUT2D eigenvalue weighted by Crippen LogP contribution is -1.96. The fourth-order valence-electron chi connectivity index (χ4n) is 2.73. The van der Waals surface area contributed by atoms with Crippen LogP contribution < -0.4 is 4.74 Å². The van der Waals surface area contributed by atoms with Crippen LogP contribution in [0.4, 0.5) is 0 Å². The molecule has 21 heavy (non-hydrogen) atoms. The number of aromatic nitrogens is 2. The number of hydrogen-bond donors (Lipinski definition) is 0. The van der Waals surface area contributed by atoms with E-state index in [4.69, 9.17) is 4.74 Å². The van der Waals surface area contributed by atoms with Gasteiger partial charge < -0.3 is 9.30 Å². The minimum Gasteiger partial charge on any atom is -0.497 e. The molecule has 0 aliphatic rings. The summed E-state index contributed by atoms with van der Waals surface area (Å²) in [6.07, 6.45) is 3.91. The van der Waals surface area contributed by atoms with Gasteiger partial charge in [0, 0.05) is 23.2 Å². The van der Waals surface area contributed by atoms with Gasteiger partial charge in [0.05, 0.1) is 12.6 Å². The van der Waals surface area contributed by atoms with Crippen molar-refractivity contribution < 1.29 is 4.74 Å². The number of fused-ring (bicyclic) bond motifs is 2. The summed E-state index contributed by atoms with van der Waals surface area (Å²) in [4.78, 5) is 4.57. The van der Waals surface area contributed by atoms with Crippen LogP contribution in [0.2, 0.25) is 0 Å². The highest BCUT2D eigenvalue weighted by Gasteiger charge is 2.08. The van der Waals surface area contributed by atoms with Crippen molar-refractivity contribution >= 4 is 21.7 Å². The summed E-state index contributed by atoms with van der Waals surface area (Å²) in [5.74, 6) is 1.82. The van der Waals surface area contributed by atoms with Crippen molar-refractivity contribution in [1.82, 2.24) is 9.55 Å². The Morgan fingerprint density at radius 3 is 2.76 bits per heavy atom. The Balaban J connectivity index is 2.01. The highest BCUT2D eigenvalue weighted by Crippen LogP contribution is 2.27. The average Bonchev–Trinajstić information content (AvgIpc) is 2.97. The Morgan fingerprint density at radius 2 is 1.86 bits per heavy atom. The van der Waals surface area contributed by atoms with E-state index in [9.17, 15) is 0 Å². The lowest BCUT2D eigenvalue weighted by Gasteiger charge is -2.08. The maximum absolute atomic E-state index is 5.28. The quantitative estimate of drug-likeness (QED) is 0.548. The molecule has 0 unspecified atom stereocenters. The van der Waals surface area contributed by atoms with Crippen LogP contribution in [-0.4, -0.2) is 16.7 Å². The van der Waals surface area contributed by atoms with E-state index < -0.39 is 0 Å². The SMILES string of the molecule is COc1ccc2c(ccn2-c2nccc3ccccc23)c1. The third kappa shape index (κ3) is 1.86. The lowest BCUT2D eigenvalue weighted by atomic mass is 10.1. The van der Waals surface area contributed by atoms with Gasteiger partial charge in [-0.05, 0) is 35.7 Å². The summed E-state index contributed by atoms with van der Waals surface area (Å²) < 4.78 is 7.40. The predicted molar refractivity (Wildman–Crippen MR) is 85.1 cm³/mol. The van der Waals surface area contributed by atoms with Crippen molar-refractivity contribution in [3.05, 3.63) is 67.0 Å². The van der Waals surface area contributed by atoms with Crippen molar-refractivity contribution in [2.75, 3.05) is 7.11 Å². The maximum Gasteiger partial charge on any atom is 0.144 e. The van der Waals surface area contributed by atoms with Crippen molar-refractivity contribution in [3.63, 3.8) is 0 Å². The largest absolute Gasteiger partial charge is 0.497 e. The minimum atomic E-state index is 0.867. The summed E-state index contributed by atoms with van der Waals surface area (Å²) in [7, 11) is 1.68. The van der Waals surface area contributed by atoms with E-state index in [-0.39, 0.29) is 0 Å². The molecule has 0 amide bonds. The van der Waals surface area contributed by atoms with Gasteiger partial charge in [-0.3, -0.25) is 0 Å². The van der Waals surface area contributed by atoms with Gasteiger partial charge in [-0.1, -0.05) is 24.3 Å². The lowest BCUT2D eigenvalue weighted by molar-refractivity contribution is 0.415. The van der Waals surface area contributed by atoms with Gasteiger partial charge in [0.2, 0.25) is 0 Å². The Kier molecular flexibility index (Phi) is 2.64. The first-order valence-corrected chi connectivity index (χ1v) is 6.86. The minimum absolute atomic E-state index is 0.867. The van der Waals surface area contributed by atoms with Gasteiger partial charge in [-0.15, -0.1) is 0 Å². The zero-order valence-electron chi connectivity index (χ0n) is 11.7. The molecule has 0 fully saturated rings. The number of methoxy groups -OCH3 is 1. The van der Waals surface area contributed by atoms with Crippen molar-refractivity contribution in [2.24, 2.45) is 0 Å². The maximum atomic E-state index is 5.28. The summed E-state index contributed by atoms with van der Waals surface area (Å²) in [5, 5.41) is 3.48. The van der Waals surface area contributed by atoms with Gasteiger partial charge in [-0.25, -0.2) is 4.98 Å². The zero-order chi connectivity index (χ0) is 14.2. The molecule has 0 N–H and O–H groups in total. The van der Waals surface area contributed by atoms with Crippen LogP contribution in [0.5, 0.6) is 5.75 Å². The molecule has 0 radical (unpaired) electrons. The molecule has 4 aromatic rings. The molecule has 2 aromatic carbocycles. The first-order chi connectivity index (χ1) is 10.4. The molecule has 0 spiro atoms. The van der Waals surface area contributed by atoms with E-state index in [1.54, 1.807) is 7.11 Å². The van der Waals surface area contributed by atoms with E-state index in [1.807, 2.05) is 36.5 Å². The molecule has 3 nitrogen and oxygen atoms in total. The second-order valence-corrected chi connectivity index (χ2v) is 4.97. The number of ether oxygens (including phenoxy) is 1. The van der Waals surface area contributed by atoms with Crippen LogP contribution in [-0.2, 0) is 0 Å². The second kappa shape index (κ2) is 4.63.